The molecule has 4 aliphatic heterocycles. The van der Waals surface area contributed by atoms with Crippen molar-refractivity contribution in [3.05, 3.63) is 29.5 Å². The summed E-state index contributed by atoms with van der Waals surface area (Å²) in [6.07, 6.45) is 4.37. The van der Waals surface area contributed by atoms with Crippen molar-refractivity contribution in [3.63, 3.8) is 0 Å². The Morgan fingerprint density at radius 1 is 1.13 bits per heavy atom. The molecule has 0 N–H and O–H groups in total. The third-order valence-corrected chi connectivity index (χ3v) is 5.94. The minimum absolute atomic E-state index is 0.205. The molecule has 3 fully saturated rings. The van der Waals surface area contributed by atoms with Crippen LogP contribution in [-0.2, 0) is 6.54 Å². The quantitative estimate of drug-likeness (QED) is 0.808. The van der Waals surface area contributed by atoms with Gasteiger partial charge in [-0.2, -0.15) is 5.10 Å². The summed E-state index contributed by atoms with van der Waals surface area (Å²) in [7, 11) is 0. The predicted molar refractivity (Wildman–Crippen MR) is 88.5 cm³/mol. The van der Waals surface area contributed by atoms with Crippen molar-refractivity contribution in [1.29, 1.82) is 0 Å². The summed E-state index contributed by atoms with van der Waals surface area (Å²) >= 11 is 0. The summed E-state index contributed by atoms with van der Waals surface area (Å²) in [6.45, 7) is 7.10. The molecular weight excluding hydrogens is 288 g/mol. The monoisotopic (exact) mass is 310 g/mol. The first kappa shape index (κ1) is 13.5. The maximum absolute atomic E-state index is 13.3. The maximum Gasteiger partial charge on any atom is 0.256 e. The van der Waals surface area contributed by atoms with Crippen LogP contribution in [0.5, 0.6) is 0 Å². The van der Waals surface area contributed by atoms with Crippen LogP contribution in [0.4, 0.5) is 0 Å². The number of carbonyl (C=O) groups excluding carboxylic acids is 1. The van der Waals surface area contributed by atoms with Crippen molar-refractivity contribution in [1.82, 2.24) is 19.6 Å². The van der Waals surface area contributed by atoms with Gasteiger partial charge in [0.05, 0.1) is 23.8 Å². The van der Waals surface area contributed by atoms with Gasteiger partial charge in [-0.05, 0) is 56.5 Å². The van der Waals surface area contributed by atoms with E-state index in [4.69, 9.17) is 0 Å². The fraction of sp³-hybridized carbons (Fsp3) is 0.556. The molecule has 0 spiro atoms. The van der Waals surface area contributed by atoms with Crippen LogP contribution in [0.3, 0.4) is 0 Å². The number of benzene rings is 1. The smallest absolute Gasteiger partial charge is 0.256 e. The number of hydrogen-bond donors (Lipinski definition) is 0. The number of piperidine rings is 3. The van der Waals surface area contributed by atoms with E-state index in [2.05, 4.69) is 27.9 Å². The number of fused-ring (bicyclic) bond motifs is 3. The first-order chi connectivity index (χ1) is 11.2. The van der Waals surface area contributed by atoms with Crippen LogP contribution < -0.4 is 0 Å². The van der Waals surface area contributed by atoms with E-state index in [0.29, 0.717) is 12.0 Å². The number of nitrogens with zero attached hydrogens (tertiary/aromatic N) is 4. The summed E-state index contributed by atoms with van der Waals surface area (Å²) in [5.41, 5.74) is 2.99. The minimum Gasteiger partial charge on any atom is -0.332 e. The van der Waals surface area contributed by atoms with E-state index in [0.717, 1.165) is 41.7 Å². The van der Waals surface area contributed by atoms with Crippen molar-refractivity contribution >= 4 is 16.8 Å². The van der Waals surface area contributed by atoms with E-state index < -0.39 is 0 Å². The predicted octanol–water partition coefficient (Wildman–Crippen LogP) is 1.89. The number of aromatic nitrogens is 2. The molecule has 1 aromatic heterocycles. The lowest BCUT2D eigenvalue weighted by molar-refractivity contribution is 0.00706. The van der Waals surface area contributed by atoms with Crippen LogP contribution in [0.25, 0.3) is 10.9 Å². The zero-order chi connectivity index (χ0) is 15.6. The number of amides is 1. The third-order valence-electron chi connectivity index (χ3n) is 5.94. The van der Waals surface area contributed by atoms with E-state index in [-0.39, 0.29) is 5.91 Å². The first-order valence-corrected chi connectivity index (χ1v) is 8.70. The molecule has 1 atom stereocenters. The fourth-order valence-electron chi connectivity index (χ4n) is 4.78. The van der Waals surface area contributed by atoms with Gasteiger partial charge < -0.3 is 9.80 Å². The molecule has 23 heavy (non-hydrogen) atoms. The fourth-order valence-corrected chi connectivity index (χ4v) is 4.78. The zero-order valence-corrected chi connectivity index (χ0v) is 13.5. The van der Waals surface area contributed by atoms with Crippen molar-refractivity contribution in [3.8, 4) is 0 Å². The second-order valence-corrected chi connectivity index (χ2v) is 7.32. The highest BCUT2D eigenvalue weighted by Crippen LogP contribution is 2.33. The highest BCUT2D eigenvalue weighted by molar-refractivity contribution is 6.06. The minimum atomic E-state index is 0.205. The number of hydrogen-bond acceptors (Lipinski definition) is 3. The second kappa shape index (κ2) is 4.81. The van der Waals surface area contributed by atoms with Crippen LogP contribution in [-0.4, -0.2) is 57.7 Å². The molecule has 1 aromatic carbocycles. The molecule has 5 heteroatoms. The Morgan fingerprint density at radius 2 is 1.96 bits per heavy atom. The van der Waals surface area contributed by atoms with Crippen LogP contribution in [0.15, 0.2) is 18.3 Å². The van der Waals surface area contributed by atoms with Gasteiger partial charge in [0.15, 0.2) is 0 Å². The molecule has 3 saturated heterocycles. The molecule has 1 amide bonds. The molecule has 2 bridgehead atoms. The van der Waals surface area contributed by atoms with Gasteiger partial charge in [0.25, 0.3) is 5.91 Å². The lowest BCUT2D eigenvalue weighted by Gasteiger charge is -2.48. The van der Waals surface area contributed by atoms with Gasteiger partial charge >= 0.3 is 0 Å². The highest BCUT2D eigenvalue weighted by Gasteiger charge is 2.40. The van der Waals surface area contributed by atoms with Gasteiger partial charge in [-0.3, -0.25) is 9.48 Å². The number of carbonyl (C=O) groups is 1. The molecule has 0 unspecified atom stereocenters. The lowest BCUT2D eigenvalue weighted by atomic mass is 9.83. The third kappa shape index (κ3) is 1.96. The Balaban J connectivity index is 1.58. The average Bonchev–Trinajstić information content (AvgIpc) is 2.91. The van der Waals surface area contributed by atoms with E-state index in [1.165, 1.54) is 25.9 Å². The molecular formula is C18H22N4O. The number of aryl methyl sites for hydroxylation is 1. The summed E-state index contributed by atoms with van der Waals surface area (Å²) < 4.78 is 2.02. The summed E-state index contributed by atoms with van der Waals surface area (Å²) in [4.78, 5) is 18.0. The van der Waals surface area contributed by atoms with E-state index in [1.54, 1.807) is 0 Å². The molecule has 120 valence electrons. The van der Waals surface area contributed by atoms with Crippen molar-refractivity contribution in [2.75, 3.05) is 26.2 Å². The van der Waals surface area contributed by atoms with Gasteiger partial charge in [0.1, 0.15) is 0 Å². The molecule has 0 aliphatic carbocycles. The van der Waals surface area contributed by atoms with Gasteiger partial charge in [0.2, 0.25) is 0 Å². The van der Waals surface area contributed by atoms with Crippen molar-refractivity contribution in [2.24, 2.45) is 5.92 Å². The summed E-state index contributed by atoms with van der Waals surface area (Å²) in [6, 6.07) is 4.55. The Labute approximate surface area is 135 Å². The Kier molecular flexibility index (Phi) is 2.83. The highest BCUT2D eigenvalue weighted by atomic mass is 16.2. The normalized spacial score (nSPS) is 30.0. The van der Waals surface area contributed by atoms with Crippen LogP contribution in [0.1, 0.15) is 28.8 Å². The average molecular weight is 310 g/mol. The topological polar surface area (TPSA) is 41.4 Å². The van der Waals surface area contributed by atoms with Crippen LogP contribution >= 0.6 is 0 Å². The molecule has 4 aliphatic rings. The summed E-state index contributed by atoms with van der Waals surface area (Å²) in [5, 5.41) is 5.60. The second-order valence-electron chi connectivity index (χ2n) is 7.32. The Morgan fingerprint density at radius 3 is 2.70 bits per heavy atom. The van der Waals surface area contributed by atoms with Gasteiger partial charge in [0, 0.05) is 24.5 Å². The molecule has 0 saturated carbocycles. The Bertz CT molecular complexity index is 788. The standard InChI is InChI=1S/C18H22N4O/c1-12-8-14-10-19-22-7-6-21(18(23)15(9-12)17(14)22)16-11-20-4-2-13(16)3-5-20/h8-10,13,16H,2-7,11H2,1H3/t16-/m1/s1. The number of rotatable bonds is 1. The zero-order valence-electron chi connectivity index (χ0n) is 13.5. The van der Waals surface area contributed by atoms with Crippen LogP contribution in [0, 0.1) is 12.8 Å². The van der Waals surface area contributed by atoms with Gasteiger partial charge in [-0.25, -0.2) is 0 Å². The molecule has 6 rings (SSSR count). The van der Waals surface area contributed by atoms with Crippen molar-refractivity contribution < 1.29 is 4.79 Å². The molecule has 0 radical (unpaired) electrons. The lowest BCUT2D eigenvalue weighted by Crippen LogP contribution is -2.58. The molecule has 2 aromatic rings. The van der Waals surface area contributed by atoms with Gasteiger partial charge in [-0.15, -0.1) is 0 Å². The van der Waals surface area contributed by atoms with E-state index in [9.17, 15) is 4.79 Å². The molecule has 5 nitrogen and oxygen atoms in total. The summed E-state index contributed by atoms with van der Waals surface area (Å²) in [5.74, 6) is 0.881. The molecule has 5 heterocycles. The van der Waals surface area contributed by atoms with Crippen LogP contribution in [0.2, 0.25) is 0 Å². The first-order valence-electron chi connectivity index (χ1n) is 8.70. The largest absolute Gasteiger partial charge is 0.332 e. The Hall–Kier alpha value is -1.88. The van der Waals surface area contributed by atoms with Crippen molar-refractivity contribution in [2.45, 2.75) is 32.4 Å². The van der Waals surface area contributed by atoms with E-state index in [1.807, 2.05) is 16.9 Å². The van der Waals surface area contributed by atoms with E-state index >= 15 is 0 Å². The maximum atomic E-state index is 13.3. The van der Waals surface area contributed by atoms with Gasteiger partial charge in [-0.1, -0.05) is 0 Å². The SMILES string of the molecule is Cc1cc2c3c(cnn3CCN([C@@H]3CN4CCC3CC4)C2=O)c1.